The van der Waals surface area contributed by atoms with Crippen LogP contribution >= 0.6 is 0 Å². The number of benzene rings is 3. The fraction of sp³-hybridized carbons (Fsp3) is 0.154. The van der Waals surface area contributed by atoms with Gasteiger partial charge in [-0.25, -0.2) is 4.79 Å². The molecule has 3 aromatic carbocycles. The predicted molar refractivity (Wildman–Crippen MR) is 134 cm³/mol. The summed E-state index contributed by atoms with van der Waals surface area (Å²) < 4.78 is 16.9. The average Bonchev–Trinajstić information content (AvgIpc) is 2.84. The summed E-state index contributed by atoms with van der Waals surface area (Å²) in [6.45, 7) is 5.36. The van der Waals surface area contributed by atoms with Gasteiger partial charge in [0.05, 0.1) is 16.6 Å². The Hall–Kier alpha value is -5.06. The van der Waals surface area contributed by atoms with E-state index < -0.39 is 16.5 Å². The van der Waals surface area contributed by atoms with E-state index in [4.69, 9.17) is 14.2 Å². The highest BCUT2D eigenvalue weighted by Gasteiger charge is 2.18. The van der Waals surface area contributed by atoms with E-state index in [1.165, 1.54) is 24.3 Å². The first-order chi connectivity index (χ1) is 17.6. The topological polar surface area (TPSA) is 139 Å². The van der Waals surface area contributed by atoms with Crippen molar-refractivity contribution >= 4 is 23.3 Å². The summed E-state index contributed by atoms with van der Waals surface area (Å²) in [5, 5.41) is 14.1. The largest absolute Gasteiger partial charge is 0.456 e. The van der Waals surface area contributed by atoms with E-state index in [2.05, 4.69) is 20.3 Å². The highest BCUT2D eigenvalue weighted by atomic mass is 16.6. The third kappa shape index (κ3) is 7.21. The molecule has 0 aliphatic heterocycles. The van der Waals surface area contributed by atoms with Gasteiger partial charge in [0.2, 0.25) is 5.95 Å². The van der Waals surface area contributed by atoms with Crippen LogP contribution in [0.15, 0.2) is 78.9 Å². The van der Waals surface area contributed by atoms with Gasteiger partial charge in [0.15, 0.2) is 0 Å². The van der Waals surface area contributed by atoms with Crippen molar-refractivity contribution in [2.24, 2.45) is 0 Å². The maximum Gasteiger partial charge on any atom is 0.338 e. The number of anilines is 2. The Labute approximate surface area is 212 Å². The van der Waals surface area contributed by atoms with Gasteiger partial charge >= 0.3 is 18.0 Å². The van der Waals surface area contributed by atoms with Crippen LogP contribution in [-0.4, -0.2) is 31.4 Å². The van der Waals surface area contributed by atoms with Crippen molar-refractivity contribution in [3.63, 3.8) is 0 Å². The predicted octanol–water partition coefficient (Wildman–Crippen LogP) is 6.06. The number of nitro benzene ring substituents is 1. The molecule has 0 spiro atoms. The quantitative estimate of drug-likeness (QED) is 0.172. The van der Waals surface area contributed by atoms with Crippen LogP contribution in [0, 0.1) is 10.1 Å². The molecule has 188 valence electrons. The number of hydrogen-bond donors (Lipinski definition) is 1. The lowest BCUT2D eigenvalue weighted by Crippen LogP contribution is -2.23. The van der Waals surface area contributed by atoms with Gasteiger partial charge in [-0.2, -0.15) is 9.97 Å². The number of ether oxygens (including phenoxy) is 3. The number of carbonyl (C=O) groups is 1. The van der Waals surface area contributed by atoms with E-state index in [1.54, 1.807) is 69.3 Å². The maximum absolute atomic E-state index is 12.5. The summed E-state index contributed by atoms with van der Waals surface area (Å²) in [6, 6.07) is 20.9. The lowest BCUT2D eigenvalue weighted by Gasteiger charge is -2.19. The van der Waals surface area contributed by atoms with Crippen molar-refractivity contribution in [1.82, 2.24) is 15.0 Å². The Bertz CT molecular complexity index is 1420. The van der Waals surface area contributed by atoms with E-state index >= 15 is 0 Å². The Morgan fingerprint density at radius 2 is 1.49 bits per heavy atom. The Balaban J connectivity index is 1.64. The summed E-state index contributed by atoms with van der Waals surface area (Å²) in [5.74, 6) is 0.217. The molecule has 0 atom stereocenters. The van der Waals surface area contributed by atoms with Crippen LogP contribution in [0.4, 0.5) is 17.3 Å². The van der Waals surface area contributed by atoms with Crippen LogP contribution in [0.5, 0.6) is 23.5 Å². The van der Waals surface area contributed by atoms with Gasteiger partial charge in [-0.3, -0.25) is 10.1 Å². The van der Waals surface area contributed by atoms with Gasteiger partial charge < -0.3 is 19.5 Å². The number of aromatic nitrogens is 3. The van der Waals surface area contributed by atoms with Gasteiger partial charge in [0.25, 0.3) is 5.69 Å². The highest BCUT2D eigenvalue weighted by molar-refractivity contribution is 5.91. The summed E-state index contributed by atoms with van der Waals surface area (Å²) in [5.41, 5.74) is 0.0471. The minimum absolute atomic E-state index is 0.0581. The number of esters is 1. The molecule has 1 aromatic heterocycles. The fourth-order valence-corrected chi connectivity index (χ4v) is 3.04. The number of rotatable bonds is 8. The minimum atomic E-state index is -0.642. The molecule has 1 N–H and O–H groups in total. The van der Waals surface area contributed by atoms with Crippen LogP contribution in [-0.2, 0) is 4.74 Å². The zero-order valence-electron chi connectivity index (χ0n) is 20.2. The molecule has 0 amide bonds. The van der Waals surface area contributed by atoms with Crippen molar-refractivity contribution in [3.8, 4) is 23.5 Å². The van der Waals surface area contributed by atoms with Crippen LogP contribution < -0.4 is 14.8 Å². The first-order valence-corrected chi connectivity index (χ1v) is 11.2. The number of para-hydroxylation sites is 1. The molecule has 0 bridgehead atoms. The zero-order chi connectivity index (χ0) is 26.4. The minimum Gasteiger partial charge on any atom is -0.456 e. The molecule has 0 fully saturated rings. The molecule has 37 heavy (non-hydrogen) atoms. The standard InChI is InChI=1S/C26H23N5O6/c1-26(2,3)37-22(32)17-9-7-10-18(15-17)27-23-28-24(35-20-12-5-4-6-13-20)30-25(29-23)36-21-14-8-11-19(16-21)31(33)34/h4-16H,1-3H3,(H,27,28,29,30). The molecular formula is C26H23N5O6. The Kier molecular flexibility index (Phi) is 7.23. The van der Waals surface area contributed by atoms with Gasteiger partial charge in [-0.1, -0.05) is 30.3 Å². The first kappa shape index (κ1) is 25.0. The zero-order valence-corrected chi connectivity index (χ0v) is 20.2. The molecule has 0 unspecified atom stereocenters. The number of non-ortho nitro benzene ring substituents is 1. The van der Waals surface area contributed by atoms with Gasteiger partial charge in [-0.15, -0.1) is 4.98 Å². The maximum atomic E-state index is 12.5. The van der Waals surface area contributed by atoms with E-state index in [9.17, 15) is 14.9 Å². The second kappa shape index (κ2) is 10.7. The number of hydrogen-bond acceptors (Lipinski definition) is 10. The first-order valence-electron chi connectivity index (χ1n) is 11.2. The van der Waals surface area contributed by atoms with Crippen LogP contribution in [0.1, 0.15) is 31.1 Å². The molecule has 4 rings (SSSR count). The third-order valence-corrected chi connectivity index (χ3v) is 4.54. The van der Waals surface area contributed by atoms with Crippen molar-refractivity contribution in [2.45, 2.75) is 26.4 Å². The molecule has 0 radical (unpaired) electrons. The second-order valence-corrected chi connectivity index (χ2v) is 8.70. The molecular weight excluding hydrogens is 478 g/mol. The van der Waals surface area contributed by atoms with Crippen molar-refractivity contribution in [1.29, 1.82) is 0 Å². The summed E-state index contributed by atoms with van der Waals surface area (Å²) in [7, 11) is 0. The molecule has 0 aliphatic carbocycles. The SMILES string of the molecule is CC(C)(C)OC(=O)c1cccc(Nc2nc(Oc3ccccc3)nc(Oc3cccc([N+](=O)[O-])c3)n2)c1. The fourth-order valence-electron chi connectivity index (χ4n) is 3.04. The third-order valence-electron chi connectivity index (χ3n) is 4.54. The number of carbonyl (C=O) groups excluding carboxylic acids is 1. The van der Waals surface area contributed by atoms with E-state index in [0.717, 1.165) is 0 Å². The van der Waals surface area contributed by atoms with Crippen molar-refractivity contribution in [2.75, 3.05) is 5.32 Å². The lowest BCUT2D eigenvalue weighted by molar-refractivity contribution is -0.384. The number of nitro groups is 1. The number of nitrogens with zero attached hydrogens (tertiary/aromatic N) is 4. The average molecular weight is 501 g/mol. The van der Waals surface area contributed by atoms with Crippen LogP contribution in [0.25, 0.3) is 0 Å². The van der Waals surface area contributed by atoms with Crippen molar-refractivity contribution < 1.29 is 23.9 Å². The second-order valence-electron chi connectivity index (χ2n) is 8.70. The summed E-state index contributed by atoms with van der Waals surface area (Å²) in [6.07, 6.45) is 0. The van der Waals surface area contributed by atoms with Gasteiger partial charge in [0, 0.05) is 11.8 Å². The van der Waals surface area contributed by atoms with Gasteiger partial charge in [0.1, 0.15) is 17.1 Å². The Morgan fingerprint density at radius 1 is 0.838 bits per heavy atom. The monoisotopic (exact) mass is 501 g/mol. The van der Waals surface area contributed by atoms with Crippen molar-refractivity contribution in [3.05, 3.63) is 94.5 Å². The van der Waals surface area contributed by atoms with E-state index in [0.29, 0.717) is 17.0 Å². The summed E-state index contributed by atoms with van der Waals surface area (Å²) in [4.78, 5) is 35.8. The molecule has 0 saturated carbocycles. The smallest absolute Gasteiger partial charge is 0.338 e. The normalized spacial score (nSPS) is 10.9. The molecule has 0 saturated heterocycles. The van der Waals surface area contributed by atoms with Gasteiger partial charge in [-0.05, 0) is 57.2 Å². The molecule has 1 heterocycles. The molecule has 11 nitrogen and oxygen atoms in total. The number of nitrogens with one attached hydrogen (secondary N) is 1. The summed E-state index contributed by atoms with van der Waals surface area (Å²) >= 11 is 0. The van der Waals surface area contributed by atoms with Crippen LogP contribution in [0.3, 0.4) is 0 Å². The highest BCUT2D eigenvalue weighted by Crippen LogP contribution is 2.27. The van der Waals surface area contributed by atoms with Crippen LogP contribution in [0.2, 0.25) is 0 Å². The lowest BCUT2D eigenvalue weighted by atomic mass is 10.1. The van der Waals surface area contributed by atoms with E-state index in [-0.39, 0.29) is 29.4 Å². The molecule has 4 aromatic rings. The van der Waals surface area contributed by atoms with E-state index in [1.807, 2.05) is 6.07 Å². The molecule has 11 heteroatoms. The molecule has 0 aliphatic rings. The Morgan fingerprint density at radius 3 is 2.16 bits per heavy atom.